The molecular weight excluding hydrogens is 242 g/mol. The van der Waals surface area contributed by atoms with E-state index in [-0.39, 0.29) is 11.7 Å². The number of nitrogens with one attached hydrogen (secondary N) is 1. The SMILES string of the molecule is CC(=O)c1ccccc1NC(=O)c1cc(C)nn1C. The van der Waals surface area contributed by atoms with Crippen LogP contribution in [0.5, 0.6) is 0 Å². The van der Waals surface area contributed by atoms with Gasteiger partial charge in [0, 0.05) is 12.6 Å². The monoisotopic (exact) mass is 257 g/mol. The summed E-state index contributed by atoms with van der Waals surface area (Å²) in [5, 5.41) is 6.86. The van der Waals surface area contributed by atoms with Crippen molar-refractivity contribution in [1.82, 2.24) is 9.78 Å². The average molecular weight is 257 g/mol. The standard InChI is InChI=1S/C14H15N3O2/c1-9-8-13(17(3)16-9)14(19)15-12-7-5-4-6-11(12)10(2)18/h4-8H,1-3H3,(H,15,19). The zero-order valence-corrected chi connectivity index (χ0v) is 11.1. The second-order valence-corrected chi connectivity index (χ2v) is 4.35. The van der Waals surface area contributed by atoms with E-state index in [9.17, 15) is 9.59 Å². The van der Waals surface area contributed by atoms with Crippen molar-refractivity contribution in [1.29, 1.82) is 0 Å². The first-order valence-electron chi connectivity index (χ1n) is 5.91. The lowest BCUT2D eigenvalue weighted by Gasteiger charge is -2.08. The highest BCUT2D eigenvalue weighted by molar-refractivity contribution is 6.08. The molecule has 1 aromatic carbocycles. The number of carbonyl (C=O) groups excluding carboxylic acids is 2. The van der Waals surface area contributed by atoms with Crippen LogP contribution in [0, 0.1) is 6.92 Å². The van der Waals surface area contributed by atoms with Gasteiger partial charge < -0.3 is 5.32 Å². The third-order valence-electron chi connectivity index (χ3n) is 2.79. The summed E-state index contributed by atoms with van der Waals surface area (Å²) in [6, 6.07) is 8.63. The largest absolute Gasteiger partial charge is 0.320 e. The van der Waals surface area contributed by atoms with E-state index in [4.69, 9.17) is 0 Å². The molecule has 0 saturated carbocycles. The number of ketones is 1. The number of carbonyl (C=O) groups is 2. The first kappa shape index (κ1) is 13.0. The molecule has 1 aromatic heterocycles. The number of hydrogen-bond acceptors (Lipinski definition) is 3. The maximum Gasteiger partial charge on any atom is 0.273 e. The Balaban J connectivity index is 2.29. The van der Waals surface area contributed by atoms with Gasteiger partial charge in [-0.1, -0.05) is 12.1 Å². The van der Waals surface area contributed by atoms with E-state index in [1.165, 1.54) is 11.6 Å². The van der Waals surface area contributed by atoms with Crippen LogP contribution in [0.25, 0.3) is 0 Å². The summed E-state index contributed by atoms with van der Waals surface area (Å²) in [4.78, 5) is 23.6. The predicted molar refractivity (Wildman–Crippen MR) is 72.3 cm³/mol. The van der Waals surface area contributed by atoms with Gasteiger partial charge >= 0.3 is 0 Å². The highest BCUT2D eigenvalue weighted by Crippen LogP contribution is 2.16. The van der Waals surface area contributed by atoms with E-state index in [1.807, 2.05) is 6.92 Å². The van der Waals surface area contributed by atoms with E-state index in [2.05, 4.69) is 10.4 Å². The fourth-order valence-electron chi connectivity index (χ4n) is 1.91. The molecule has 0 fully saturated rings. The van der Waals surface area contributed by atoms with Gasteiger partial charge in [-0.3, -0.25) is 14.3 Å². The van der Waals surface area contributed by atoms with Crippen molar-refractivity contribution in [2.24, 2.45) is 7.05 Å². The van der Waals surface area contributed by atoms with Crippen LogP contribution in [0.3, 0.4) is 0 Å². The number of nitrogens with zero attached hydrogens (tertiary/aromatic N) is 2. The Morgan fingerprint density at radius 2 is 1.95 bits per heavy atom. The highest BCUT2D eigenvalue weighted by Gasteiger charge is 2.14. The molecule has 0 unspecified atom stereocenters. The van der Waals surface area contributed by atoms with Gasteiger partial charge in [0.2, 0.25) is 0 Å². The number of anilines is 1. The minimum absolute atomic E-state index is 0.0860. The number of aromatic nitrogens is 2. The lowest BCUT2D eigenvalue weighted by molar-refractivity contribution is 0.101. The van der Waals surface area contributed by atoms with Crippen molar-refractivity contribution < 1.29 is 9.59 Å². The summed E-state index contributed by atoms with van der Waals surface area (Å²) >= 11 is 0. The highest BCUT2D eigenvalue weighted by atomic mass is 16.2. The van der Waals surface area contributed by atoms with Gasteiger partial charge in [-0.25, -0.2) is 0 Å². The topological polar surface area (TPSA) is 64.0 Å². The molecular formula is C14H15N3O2. The Labute approximate surface area is 111 Å². The van der Waals surface area contributed by atoms with Gasteiger partial charge in [-0.2, -0.15) is 5.10 Å². The molecule has 0 saturated heterocycles. The summed E-state index contributed by atoms with van der Waals surface area (Å²) in [5.74, 6) is -0.367. The molecule has 5 nitrogen and oxygen atoms in total. The molecule has 5 heteroatoms. The van der Waals surface area contributed by atoms with Crippen LogP contribution >= 0.6 is 0 Å². The van der Waals surface area contributed by atoms with E-state index in [0.29, 0.717) is 16.9 Å². The summed E-state index contributed by atoms with van der Waals surface area (Å²) in [5.41, 5.74) is 2.23. The summed E-state index contributed by atoms with van der Waals surface area (Å²) in [7, 11) is 1.71. The van der Waals surface area contributed by atoms with Crippen molar-refractivity contribution >= 4 is 17.4 Å². The van der Waals surface area contributed by atoms with Crippen molar-refractivity contribution in [3.63, 3.8) is 0 Å². The van der Waals surface area contributed by atoms with Crippen LogP contribution in [0.15, 0.2) is 30.3 Å². The molecule has 0 aliphatic rings. The van der Waals surface area contributed by atoms with Crippen molar-refractivity contribution in [3.8, 4) is 0 Å². The smallest absolute Gasteiger partial charge is 0.273 e. The van der Waals surface area contributed by atoms with Crippen LogP contribution < -0.4 is 5.32 Å². The van der Waals surface area contributed by atoms with Crippen LogP contribution in [-0.2, 0) is 7.05 Å². The predicted octanol–water partition coefficient (Wildman–Crippen LogP) is 2.18. The zero-order chi connectivity index (χ0) is 14.0. The fraction of sp³-hybridized carbons (Fsp3) is 0.214. The summed E-state index contributed by atoms with van der Waals surface area (Å²) < 4.78 is 1.51. The average Bonchev–Trinajstić information content (AvgIpc) is 2.69. The molecule has 19 heavy (non-hydrogen) atoms. The van der Waals surface area contributed by atoms with Gasteiger partial charge in [-0.05, 0) is 32.0 Å². The Kier molecular flexibility index (Phi) is 3.46. The number of para-hydroxylation sites is 1. The Hall–Kier alpha value is -2.43. The number of aryl methyl sites for hydroxylation is 2. The summed E-state index contributed by atoms with van der Waals surface area (Å²) in [6.45, 7) is 3.29. The third kappa shape index (κ3) is 2.70. The number of hydrogen-bond donors (Lipinski definition) is 1. The number of amides is 1. The second kappa shape index (κ2) is 5.06. The quantitative estimate of drug-likeness (QED) is 0.857. The maximum atomic E-state index is 12.1. The maximum absolute atomic E-state index is 12.1. The Morgan fingerprint density at radius 3 is 2.53 bits per heavy atom. The first-order valence-corrected chi connectivity index (χ1v) is 5.91. The molecule has 0 atom stereocenters. The van der Waals surface area contributed by atoms with Crippen molar-refractivity contribution in [3.05, 3.63) is 47.3 Å². The van der Waals surface area contributed by atoms with Crippen LogP contribution in [0.1, 0.15) is 33.5 Å². The molecule has 1 amide bonds. The molecule has 2 rings (SSSR count). The van der Waals surface area contributed by atoms with Crippen LogP contribution in [0.4, 0.5) is 5.69 Å². The molecule has 0 spiro atoms. The molecule has 0 bridgehead atoms. The minimum Gasteiger partial charge on any atom is -0.320 e. The number of benzene rings is 1. The third-order valence-corrected chi connectivity index (χ3v) is 2.79. The van der Waals surface area contributed by atoms with Gasteiger partial charge in [-0.15, -0.1) is 0 Å². The molecule has 0 aliphatic heterocycles. The molecule has 0 aliphatic carbocycles. The molecule has 1 N–H and O–H groups in total. The Morgan fingerprint density at radius 1 is 1.26 bits per heavy atom. The number of Topliss-reactive ketones (excluding diaryl/α,β-unsaturated/α-hetero) is 1. The minimum atomic E-state index is -0.281. The van der Waals surface area contributed by atoms with E-state index in [1.54, 1.807) is 37.4 Å². The van der Waals surface area contributed by atoms with E-state index >= 15 is 0 Å². The van der Waals surface area contributed by atoms with Crippen molar-refractivity contribution in [2.75, 3.05) is 5.32 Å². The van der Waals surface area contributed by atoms with Gasteiger partial charge in [0.1, 0.15) is 5.69 Å². The van der Waals surface area contributed by atoms with Crippen molar-refractivity contribution in [2.45, 2.75) is 13.8 Å². The van der Waals surface area contributed by atoms with Crippen LogP contribution in [-0.4, -0.2) is 21.5 Å². The van der Waals surface area contributed by atoms with Gasteiger partial charge in [0.05, 0.1) is 11.4 Å². The molecule has 1 heterocycles. The normalized spacial score (nSPS) is 10.3. The van der Waals surface area contributed by atoms with Gasteiger partial charge in [0.25, 0.3) is 5.91 Å². The Bertz CT molecular complexity index is 644. The molecule has 98 valence electrons. The summed E-state index contributed by atoms with van der Waals surface area (Å²) in [6.07, 6.45) is 0. The number of rotatable bonds is 3. The first-order chi connectivity index (χ1) is 8.99. The second-order valence-electron chi connectivity index (χ2n) is 4.35. The zero-order valence-electron chi connectivity index (χ0n) is 11.1. The lowest BCUT2D eigenvalue weighted by atomic mass is 10.1. The fourth-order valence-corrected chi connectivity index (χ4v) is 1.91. The van der Waals surface area contributed by atoms with E-state index < -0.39 is 0 Å². The molecule has 0 radical (unpaired) electrons. The van der Waals surface area contributed by atoms with Gasteiger partial charge in [0.15, 0.2) is 5.78 Å². The van der Waals surface area contributed by atoms with E-state index in [0.717, 1.165) is 5.69 Å². The lowest BCUT2D eigenvalue weighted by Crippen LogP contribution is -2.17. The molecule has 2 aromatic rings. The van der Waals surface area contributed by atoms with Crippen LogP contribution in [0.2, 0.25) is 0 Å².